The highest BCUT2D eigenvalue weighted by atomic mass is 16.5. The topological polar surface area (TPSA) is 98.0 Å². The molecule has 2 N–H and O–H groups in total. The number of ether oxygens (including phenoxy) is 2. The Hall–Kier alpha value is -1.86. The molecule has 0 bridgehead atoms. The number of rotatable bonds is 7. The van der Waals surface area contributed by atoms with E-state index in [1.807, 2.05) is 0 Å². The smallest absolute Gasteiger partial charge is 0.339 e. The van der Waals surface area contributed by atoms with Crippen molar-refractivity contribution in [3.63, 3.8) is 0 Å². The van der Waals surface area contributed by atoms with Crippen LogP contribution in [0.1, 0.15) is 20.9 Å². The normalized spacial score (nSPS) is 12.1. The van der Waals surface area contributed by atoms with Crippen LogP contribution < -0.4 is 5.32 Å². The van der Waals surface area contributed by atoms with Crippen LogP contribution in [0.25, 0.3) is 0 Å². The Morgan fingerprint density at radius 3 is 2.78 bits per heavy atom. The van der Waals surface area contributed by atoms with Gasteiger partial charge in [-0.15, -0.1) is 0 Å². The van der Waals surface area contributed by atoms with Gasteiger partial charge in [0.05, 0.1) is 19.0 Å². The number of hydrogen-bond acceptors (Lipinski definition) is 5. The van der Waals surface area contributed by atoms with Gasteiger partial charge in [0.25, 0.3) is 5.91 Å². The van der Waals surface area contributed by atoms with Crippen molar-refractivity contribution in [1.82, 2.24) is 5.32 Å². The van der Waals surface area contributed by atoms with Gasteiger partial charge in [0, 0.05) is 20.8 Å². The summed E-state index contributed by atoms with van der Waals surface area (Å²) in [5, 5.41) is 11.3. The standard InChI is InChI=1S/C11H15NO6/c1-16-6-7(17-2)5-12-10(13)9-8(11(14)15)3-4-18-9/h3-4,7H,5-6H2,1-2H3,(H,12,13)(H,14,15). The zero-order valence-corrected chi connectivity index (χ0v) is 10.1. The predicted octanol–water partition coefficient (Wildman–Crippen LogP) is 0.369. The van der Waals surface area contributed by atoms with E-state index in [1.54, 1.807) is 0 Å². The lowest BCUT2D eigenvalue weighted by Gasteiger charge is -2.14. The van der Waals surface area contributed by atoms with Gasteiger partial charge >= 0.3 is 5.97 Å². The molecule has 7 heteroatoms. The number of carboxylic acid groups (broad SMARTS) is 1. The summed E-state index contributed by atoms with van der Waals surface area (Å²) in [7, 11) is 3.01. The molecule has 0 fully saturated rings. The molecule has 1 rings (SSSR count). The molecular weight excluding hydrogens is 242 g/mol. The Kier molecular flexibility index (Phi) is 5.34. The number of hydrogen-bond donors (Lipinski definition) is 2. The van der Waals surface area contributed by atoms with Crippen LogP contribution in [0.2, 0.25) is 0 Å². The van der Waals surface area contributed by atoms with Crippen LogP contribution in [-0.4, -0.2) is 50.5 Å². The second kappa shape index (κ2) is 6.77. The van der Waals surface area contributed by atoms with Gasteiger partial charge in [-0.25, -0.2) is 4.79 Å². The molecule has 0 radical (unpaired) electrons. The summed E-state index contributed by atoms with van der Waals surface area (Å²) in [5.41, 5.74) is -0.173. The summed E-state index contributed by atoms with van der Waals surface area (Å²) in [4.78, 5) is 22.5. The van der Waals surface area contributed by atoms with E-state index in [9.17, 15) is 9.59 Å². The van der Waals surface area contributed by atoms with E-state index in [2.05, 4.69) is 5.32 Å². The largest absolute Gasteiger partial charge is 0.478 e. The molecule has 0 aliphatic carbocycles. The summed E-state index contributed by atoms with van der Waals surface area (Å²) < 4.78 is 14.8. The van der Waals surface area contributed by atoms with E-state index in [1.165, 1.54) is 20.3 Å². The van der Waals surface area contributed by atoms with Gasteiger partial charge in [0.1, 0.15) is 5.56 Å². The zero-order chi connectivity index (χ0) is 13.5. The first-order valence-electron chi connectivity index (χ1n) is 5.20. The third kappa shape index (κ3) is 3.57. The van der Waals surface area contributed by atoms with Crippen LogP contribution in [0.3, 0.4) is 0 Å². The Morgan fingerprint density at radius 2 is 2.22 bits per heavy atom. The van der Waals surface area contributed by atoms with Crippen molar-refractivity contribution in [3.8, 4) is 0 Å². The number of carbonyl (C=O) groups excluding carboxylic acids is 1. The maximum Gasteiger partial charge on any atom is 0.339 e. The number of carbonyl (C=O) groups is 2. The van der Waals surface area contributed by atoms with Crippen molar-refractivity contribution >= 4 is 11.9 Å². The first-order chi connectivity index (χ1) is 8.60. The van der Waals surface area contributed by atoms with Crippen LogP contribution in [0.5, 0.6) is 0 Å². The molecule has 1 unspecified atom stereocenters. The van der Waals surface area contributed by atoms with E-state index < -0.39 is 11.9 Å². The van der Waals surface area contributed by atoms with E-state index in [0.29, 0.717) is 6.61 Å². The molecule has 1 heterocycles. The van der Waals surface area contributed by atoms with E-state index in [4.69, 9.17) is 19.0 Å². The van der Waals surface area contributed by atoms with Crippen molar-refractivity contribution in [1.29, 1.82) is 0 Å². The molecule has 1 amide bonds. The van der Waals surface area contributed by atoms with Gasteiger partial charge in [0.15, 0.2) is 0 Å². The van der Waals surface area contributed by atoms with Gasteiger partial charge in [0.2, 0.25) is 5.76 Å². The van der Waals surface area contributed by atoms with Crippen LogP contribution >= 0.6 is 0 Å². The Balaban J connectivity index is 2.60. The fourth-order valence-corrected chi connectivity index (χ4v) is 1.34. The van der Waals surface area contributed by atoms with E-state index >= 15 is 0 Å². The molecule has 7 nitrogen and oxygen atoms in total. The number of nitrogens with one attached hydrogen (secondary N) is 1. The second-order valence-electron chi connectivity index (χ2n) is 3.49. The van der Waals surface area contributed by atoms with Gasteiger partial charge in [-0.2, -0.15) is 0 Å². The minimum atomic E-state index is -1.21. The molecule has 0 saturated heterocycles. The lowest BCUT2D eigenvalue weighted by atomic mass is 10.2. The molecule has 1 atom stereocenters. The predicted molar refractivity (Wildman–Crippen MR) is 60.7 cm³/mol. The van der Waals surface area contributed by atoms with Crippen molar-refractivity contribution in [3.05, 3.63) is 23.7 Å². The summed E-state index contributed by atoms with van der Waals surface area (Å²) in [5.74, 6) is -2.04. The fourth-order valence-electron chi connectivity index (χ4n) is 1.34. The average Bonchev–Trinajstić information content (AvgIpc) is 2.83. The van der Waals surface area contributed by atoms with Crippen molar-refractivity contribution < 1.29 is 28.6 Å². The quantitative estimate of drug-likeness (QED) is 0.732. The SMILES string of the molecule is COCC(CNC(=O)c1occc1C(=O)O)OC. The summed E-state index contributed by atoms with van der Waals surface area (Å²) in [6.07, 6.45) is 0.851. The van der Waals surface area contributed by atoms with Crippen molar-refractivity contribution in [2.45, 2.75) is 6.10 Å². The summed E-state index contributed by atoms with van der Waals surface area (Å²) in [6.45, 7) is 0.518. The highest BCUT2D eigenvalue weighted by Gasteiger charge is 2.20. The van der Waals surface area contributed by atoms with Crippen LogP contribution in [0.4, 0.5) is 0 Å². The van der Waals surface area contributed by atoms with Gasteiger partial charge in [-0.1, -0.05) is 0 Å². The summed E-state index contributed by atoms with van der Waals surface area (Å²) >= 11 is 0. The van der Waals surface area contributed by atoms with E-state index in [0.717, 1.165) is 6.26 Å². The van der Waals surface area contributed by atoms with Crippen LogP contribution in [0.15, 0.2) is 16.7 Å². The van der Waals surface area contributed by atoms with Crippen molar-refractivity contribution in [2.75, 3.05) is 27.4 Å². The summed E-state index contributed by atoms with van der Waals surface area (Å²) in [6, 6.07) is 1.22. The molecule has 1 aromatic rings. The lowest BCUT2D eigenvalue weighted by molar-refractivity contribution is 0.0282. The van der Waals surface area contributed by atoms with E-state index in [-0.39, 0.29) is 24.0 Å². The van der Waals surface area contributed by atoms with Crippen LogP contribution in [-0.2, 0) is 9.47 Å². The van der Waals surface area contributed by atoms with Gasteiger partial charge in [-0.05, 0) is 6.07 Å². The first-order valence-corrected chi connectivity index (χ1v) is 5.20. The number of methoxy groups -OCH3 is 2. The minimum absolute atomic E-state index is 0.173. The molecule has 0 saturated carbocycles. The molecule has 0 aliphatic heterocycles. The molecule has 0 aliphatic rings. The zero-order valence-electron chi connectivity index (χ0n) is 10.1. The Morgan fingerprint density at radius 1 is 1.50 bits per heavy atom. The molecule has 1 aromatic heterocycles. The molecule has 0 spiro atoms. The van der Waals surface area contributed by atoms with Gasteiger partial charge < -0.3 is 24.3 Å². The lowest BCUT2D eigenvalue weighted by Crippen LogP contribution is -2.35. The third-order valence-electron chi connectivity index (χ3n) is 2.28. The monoisotopic (exact) mass is 257 g/mol. The fraction of sp³-hybridized carbons (Fsp3) is 0.455. The van der Waals surface area contributed by atoms with Crippen molar-refractivity contribution in [2.24, 2.45) is 0 Å². The molecule has 18 heavy (non-hydrogen) atoms. The average molecular weight is 257 g/mol. The molecule has 100 valence electrons. The number of amides is 1. The first kappa shape index (κ1) is 14.2. The maximum atomic E-state index is 11.7. The Bertz CT molecular complexity index is 413. The highest BCUT2D eigenvalue weighted by molar-refractivity contribution is 6.02. The van der Waals surface area contributed by atoms with Gasteiger partial charge in [-0.3, -0.25) is 4.79 Å². The molecule has 0 aromatic carbocycles. The highest BCUT2D eigenvalue weighted by Crippen LogP contribution is 2.10. The number of furan rings is 1. The third-order valence-corrected chi connectivity index (χ3v) is 2.28. The van der Waals surface area contributed by atoms with Crippen LogP contribution in [0, 0.1) is 0 Å². The number of aromatic carboxylic acids is 1. The Labute approximate surface area is 104 Å². The molecular formula is C11H15NO6. The second-order valence-corrected chi connectivity index (χ2v) is 3.49. The number of carboxylic acids is 1. The minimum Gasteiger partial charge on any atom is -0.478 e. The maximum absolute atomic E-state index is 11.7.